The van der Waals surface area contributed by atoms with E-state index in [0.717, 1.165) is 21.9 Å². The molecule has 6 nitrogen and oxygen atoms in total. The molecule has 0 unspecified atom stereocenters. The van der Waals surface area contributed by atoms with Crippen molar-refractivity contribution in [2.24, 2.45) is 0 Å². The van der Waals surface area contributed by atoms with Gasteiger partial charge in [-0.1, -0.05) is 0 Å². The number of hydrogen-bond acceptors (Lipinski definition) is 6. The minimum absolute atomic E-state index is 0.0110. The standard InChI is InChI=1S/C11H12N2O4S3/c1-6-9(18-5-12-6)4-13-20(16,17)10-3-8(11(14)15)19-7(10)2/h3,5,13H,4H2,1-2H3,(H,14,15). The normalized spacial score (nSPS) is 11.7. The number of carbonyl (C=O) groups is 1. The smallest absolute Gasteiger partial charge is 0.345 e. The fourth-order valence-corrected chi connectivity index (χ4v) is 4.80. The fourth-order valence-electron chi connectivity index (χ4n) is 1.57. The number of nitrogens with zero attached hydrogens (tertiary/aromatic N) is 1. The van der Waals surface area contributed by atoms with E-state index < -0.39 is 16.0 Å². The number of thiazole rings is 1. The summed E-state index contributed by atoms with van der Waals surface area (Å²) in [6.07, 6.45) is 0. The summed E-state index contributed by atoms with van der Waals surface area (Å²) < 4.78 is 26.8. The van der Waals surface area contributed by atoms with E-state index in [2.05, 4.69) is 9.71 Å². The lowest BCUT2D eigenvalue weighted by molar-refractivity contribution is 0.0702. The molecule has 2 aromatic rings. The first-order chi connectivity index (χ1) is 9.31. The van der Waals surface area contributed by atoms with Crippen molar-refractivity contribution in [2.45, 2.75) is 25.3 Å². The van der Waals surface area contributed by atoms with Gasteiger partial charge in [-0.2, -0.15) is 0 Å². The second-order valence-corrected chi connectivity index (χ2v) is 7.95. The van der Waals surface area contributed by atoms with Gasteiger partial charge in [0.1, 0.15) is 4.88 Å². The molecule has 0 radical (unpaired) electrons. The number of hydrogen-bond donors (Lipinski definition) is 2. The Morgan fingerprint density at radius 3 is 2.65 bits per heavy atom. The van der Waals surface area contributed by atoms with E-state index in [9.17, 15) is 13.2 Å². The SMILES string of the molecule is Cc1ncsc1CNS(=O)(=O)c1cc(C(=O)O)sc1C. The summed E-state index contributed by atoms with van der Waals surface area (Å²) in [5, 5.41) is 8.89. The predicted octanol–water partition coefficient (Wildman–Crippen LogP) is 2.00. The average Bonchev–Trinajstić information content (AvgIpc) is 2.93. The summed E-state index contributed by atoms with van der Waals surface area (Å²) in [6.45, 7) is 3.54. The van der Waals surface area contributed by atoms with Crippen LogP contribution in [0.2, 0.25) is 0 Å². The first-order valence-corrected chi connectivity index (χ1v) is 8.71. The molecule has 2 aromatic heterocycles. The molecule has 0 aromatic carbocycles. The molecule has 20 heavy (non-hydrogen) atoms. The Morgan fingerprint density at radius 2 is 2.15 bits per heavy atom. The lowest BCUT2D eigenvalue weighted by Gasteiger charge is -2.05. The Bertz CT molecular complexity index is 746. The van der Waals surface area contributed by atoms with Gasteiger partial charge in [0, 0.05) is 16.3 Å². The van der Waals surface area contributed by atoms with Crippen LogP contribution in [0, 0.1) is 13.8 Å². The monoisotopic (exact) mass is 332 g/mol. The van der Waals surface area contributed by atoms with Gasteiger partial charge in [0.15, 0.2) is 0 Å². The first-order valence-electron chi connectivity index (χ1n) is 5.53. The predicted molar refractivity (Wildman–Crippen MR) is 76.9 cm³/mol. The average molecular weight is 332 g/mol. The van der Waals surface area contributed by atoms with Crippen LogP contribution in [-0.2, 0) is 16.6 Å². The van der Waals surface area contributed by atoms with Crippen LogP contribution in [0.3, 0.4) is 0 Å². The molecular formula is C11H12N2O4S3. The molecule has 0 saturated carbocycles. The molecule has 0 atom stereocenters. The lowest BCUT2D eigenvalue weighted by atomic mass is 10.4. The van der Waals surface area contributed by atoms with Crippen LogP contribution in [0.25, 0.3) is 0 Å². The number of carboxylic acid groups (broad SMARTS) is 1. The van der Waals surface area contributed by atoms with Gasteiger partial charge in [-0.15, -0.1) is 22.7 Å². The minimum Gasteiger partial charge on any atom is -0.477 e. The Morgan fingerprint density at radius 1 is 1.45 bits per heavy atom. The molecule has 0 aliphatic rings. The quantitative estimate of drug-likeness (QED) is 0.873. The molecule has 0 amide bonds. The van der Waals surface area contributed by atoms with Gasteiger partial charge in [0.05, 0.1) is 16.1 Å². The Hall–Kier alpha value is -1.29. The highest BCUT2D eigenvalue weighted by molar-refractivity contribution is 7.89. The van der Waals surface area contributed by atoms with Crippen LogP contribution in [0.4, 0.5) is 0 Å². The molecule has 2 N–H and O–H groups in total. The van der Waals surface area contributed by atoms with Gasteiger partial charge in [-0.25, -0.2) is 22.9 Å². The van der Waals surface area contributed by atoms with E-state index >= 15 is 0 Å². The molecular weight excluding hydrogens is 320 g/mol. The van der Waals surface area contributed by atoms with Crippen LogP contribution < -0.4 is 4.72 Å². The molecule has 0 aliphatic heterocycles. The summed E-state index contributed by atoms with van der Waals surface area (Å²) in [6, 6.07) is 1.18. The highest BCUT2D eigenvalue weighted by Crippen LogP contribution is 2.26. The third kappa shape index (κ3) is 3.06. The zero-order valence-electron chi connectivity index (χ0n) is 10.7. The maximum Gasteiger partial charge on any atom is 0.345 e. The summed E-state index contributed by atoms with van der Waals surface area (Å²) in [5.41, 5.74) is 2.43. The Labute approximate surface area is 124 Å². The van der Waals surface area contributed by atoms with E-state index in [4.69, 9.17) is 5.11 Å². The topological polar surface area (TPSA) is 96.4 Å². The minimum atomic E-state index is -3.72. The second kappa shape index (κ2) is 5.60. The van der Waals surface area contributed by atoms with Crippen molar-refractivity contribution in [1.29, 1.82) is 0 Å². The summed E-state index contributed by atoms with van der Waals surface area (Å²) in [5.74, 6) is -1.13. The van der Waals surface area contributed by atoms with Crippen LogP contribution >= 0.6 is 22.7 Å². The number of aromatic carboxylic acids is 1. The number of thiophene rings is 1. The second-order valence-electron chi connectivity index (χ2n) is 4.02. The van der Waals surface area contributed by atoms with Gasteiger partial charge < -0.3 is 5.11 Å². The van der Waals surface area contributed by atoms with E-state index in [1.54, 1.807) is 19.4 Å². The van der Waals surface area contributed by atoms with E-state index in [1.807, 2.05) is 0 Å². The van der Waals surface area contributed by atoms with Crippen molar-refractivity contribution in [2.75, 3.05) is 0 Å². The maximum absolute atomic E-state index is 12.2. The highest BCUT2D eigenvalue weighted by Gasteiger charge is 2.22. The molecule has 2 heterocycles. The van der Waals surface area contributed by atoms with Crippen molar-refractivity contribution in [3.63, 3.8) is 0 Å². The van der Waals surface area contributed by atoms with Crippen LogP contribution in [0.15, 0.2) is 16.5 Å². The van der Waals surface area contributed by atoms with Crippen molar-refractivity contribution >= 4 is 38.7 Å². The molecule has 108 valence electrons. The molecule has 0 bridgehead atoms. The molecule has 0 spiro atoms. The zero-order valence-corrected chi connectivity index (χ0v) is 13.2. The highest BCUT2D eigenvalue weighted by atomic mass is 32.2. The molecule has 0 aliphatic carbocycles. The van der Waals surface area contributed by atoms with Crippen LogP contribution in [-0.4, -0.2) is 24.5 Å². The van der Waals surface area contributed by atoms with E-state index in [0.29, 0.717) is 4.88 Å². The largest absolute Gasteiger partial charge is 0.477 e. The Balaban J connectivity index is 2.22. The fraction of sp³-hybridized carbons (Fsp3) is 0.273. The Kier molecular flexibility index (Phi) is 4.23. The van der Waals surface area contributed by atoms with Crippen molar-refractivity contribution in [3.05, 3.63) is 31.9 Å². The number of nitrogens with one attached hydrogen (secondary N) is 1. The third-order valence-corrected chi connectivity index (χ3v) is 6.27. The maximum atomic E-state index is 12.2. The van der Waals surface area contributed by atoms with E-state index in [1.165, 1.54) is 17.4 Å². The van der Waals surface area contributed by atoms with Crippen molar-refractivity contribution in [1.82, 2.24) is 9.71 Å². The van der Waals surface area contributed by atoms with Crippen LogP contribution in [0.5, 0.6) is 0 Å². The number of sulfonamides is 1. The molecule has 9 heteroatoms. The number of rotatable bonds is 5. The molecule has 0 fully saturated rings. The first kappa shape index (κ1) is 15.1. The number of aryl methyl sites for hydroxylation is 2. The van der Waals surface area contributed by atoms with Gasteiger partial charge in [-0.3, -0.25) is 0 Å². The summed E-state index contributed by atoms with van der Waals surface area (Å²) >= 11 is 2.32. The number of carboxylic acids is 1. The van der Waals surface area contributed by atoms with Gasteiger partial charge in [0.2, 0.25) is 10.0 Å². The summed E-state index contributed by atoms with van der Waals surface area (Å²) in [7, 11) is -3.72. The lowest BCUT2D eigenvalue weighted by Crippen LogP contribution is -2.23. The molecule has 2 rings (SSSR count). The van der Waals surface area contributed by atoms with Gasteiger partial charge in [0.25, 0.3) is 0 Å². The van der Waals surface area contributed by atoms with E-state index in [-0.39, 0.29) is 16.3 Å². The van der Waals surface area contributed by atoms with Gasteiger partial charge in [-0.05, 0) is 19.9 Å². The third-order valence-electron chi connectivity index (χ3n) is 2.64. The molecule has 0 saturated heterocycles. The van der Waals surface area contributed by atoms with Crippen molar-refractivity contribution in [3.8, 4) is 0 Å². The number of aromatic nitrogens is 1. The van der Waals surface area contributed by atoms with Crippen molar-refractivity contribution < 1.29 is 18.3 Å². The zero-order chi connectivity index (χ0) is 14.9. The summed E-state index contributed by atoms with van der Waals surface area (Å²) in [4.78, 5) is 16.2. The van der Waals surface area contributed by atoms with Gasteiger partial charge >= 0.3 is 5.97 Å². The van der Waals surface area contributed by atoms with Crippen LogP contribution in [0.1, 0.15) is 25.1 Å².